The molecule has 0 aliphatic rings. The van der Waals surface area contributed by atoms with E-state index in [0.717, 1.165) is 5.56 Å². The highest BCUT2D eigenvalue weighted by Crippen LogP contribution is 2.18. The molecule has 0 fully saturated rings. The predicted molar refractivity (Wildman–Crippen MR) is 86.4 cm³/mol. The topological polar surface area (TPSA) is 75.3 Å². The maximum Gasteiger partial charge on any atom is 0.261 e. The van der Waals surface area contributed by atoms with Gasteiger partial charge in [-0.2, -0.15) is 0 Å². The fraction of sp³-hybridized carbons (Fsp3) is 0.188. The van der Waals surface area contributed by atoms with Crippen LogP contribution >= 0.6 is 0 Å². The molecule has 2 N–H and O–H groups in total. The summed E-state index contributed by atoms with van der Waals surface area (Å²) in [4.78, 5) is 11.9. The number of carbonyl (C=O) groups is 1. The van der Waals surface area contributed by atoms with Gasteiger partial charge in [-0.15, -0.1) is 0 Å². The van der Waals surface area contributed by atoms with Crippen molar-refractivity contribution < 1.29 is 13.2 Å². The molecule has 0 aliphatic carbocycles. The van der Waals surface area contributed by atoms with Crippen molar-refractivity contribution in [2.24, 2.45) is 0 Å². The van der Waals surface area contributed by atoms with E-state index in [-0.39, 0.29) is 10.8 Å². The van der Waals surface area contributed by atoms with Crippen molar-refractivity contribution >= 4 is 21.6 Å². The van der Waals surface area contributed by atoms with Gasteiger partial charge in [-0.25, -0.2) is 8.42 Å². The summed E-state index contributed by atoms with van der Waals surface area (Å²) in [6, 6.07) is 13.0. The van der Waals surface area contributed by atoms with Gasteiger partial charge in [0.15, 0.2) is 0 Å². The lowest BCUT2D eigenvalue weighted by molar-refractivity contribution is 0.0955. The number of anilines is 1. The smallest absolute Gasteiger partial charge is 0.261 e. The number of aryl methyl sites for hydroxylation is 1. The van der Waals surface area contributed by atoms with Crippen LogP contribution in [-0.2, 0) is 10.0 Å². The lowest BCUT2D eigenvalue weighted by Crippen LogP contribution is -2.23. The molecule has 0 aliphatic heterocycles. The van der Waals surface area contributed by atoms with Crippen molar-refractivity contribution in [1.29, 1.82) is 0 Å². The molecule has 0 spiro atoms. The van der Waals surface area contributed by atoms with E-state index < -0.39 is 10.0 Å². The molecule has 116 valence electrons. The standard InChI is InChI=1S/C16H18N2O3S/c1-3-17-16(19)13-7-5-9-15(11-13)22(20,21)18-14-8-4-6-12(2)10-14/h4-11,18H,3H2,1-2H3,(H,17,19). The van der Waals surface area contributed by atoms with Crippen molar-refractivity contribution in [3.63, 3.8) is 0 Å². The highest BCUT2D eigenvalue weighted by atomic mass is 32.2. The highest BCUT2D eigenvalue weighted by Gasteiger charge is 2.16. The highest BCUT2D eigenvalue weighted by molar-refractivity contribution is 7.92. The second kappa shape index (κ2) is 6.62. The summed E-state index contributed by atoms with van der Waals surface area (Å²) in [7, 11) is -3.73. The SMILES string of the molecule is CCNC(=O)c1cccc(S(=O)(=O)Nc2cccc(C)c2)c1. The quantitative estimate of drug-likeness (QED) is 0.889. The van der Waals surface area contributed by atoms with Crippen LogP contribution < -0.4 is 10.0 Å². The van der Waals surface area contributed by atoms with Crippen molar-refractivity contribution in [2.45, 2.75) is 18.7 Å². The van der Waals surface area contributed by atoms with Crippen molar-refractivity contribution in [3.05, 3.63) is 59.7 Å². The molecule has 0 saturated carbocycles. The van der Waals surface area contributed by atoms with E-state index in [9.17, 15) is 13.2 Å². The molecule has 0 bridgehead atoms. The van der Waals surface area contributed by atoms with Crippen LogP contribution in [0.1, 0.15) is 22.8 Å². The van der Waals surface area contributed by atoms with Gasteiger partial charge in [0.2, 0.25) is 0 Å². The Morgan fingerprint density at radius 1 is 1.09 bits per heavy atom. The second-order valence-electron chi connectivity index (χ2n) is 4.86. The molecule has 0 radical (unpaired) electrons. The fourth-order valence-corrected chi connectivity index (χ4v) is 3.08. The van der Waals surface area contributed by atoms with Crippen LogP contribution in [0.25, 0.3) is 0 Å². The van der Waals surface area contributed by atoms with Crippen molar-refractivity contribution in [3.8, 4) is 0 Å². The average Bonchev–Trinajstić information content (AvgIpc) is 2.47. The number of benzene rings is 2. The molecule has 0 atom stereocenters. The van der Waals surface area contributed by atoms with Crippen molar-refractivity contribution in [2.75, 3.05) is 11.3 Å². The Balaban J connectivity index is 2.30. The Hall–Kier alpha value is -2.34. The average molecular weight is 318 g/mol. The number of nitrogens with one attached hydrogen (secondary N) is 2. The summed E-state index contributed by atoms with van der Waals surface area (Å²) in [5.74, 6) is -0.296. The summed E-state index contributed by atoms with van der Waals surface area (Å²) in [6.07, 6.45) is 0. The third-order valence-corrected chi connectivity index (χ3v) is 4.39. The Morgan fingerprint density at radius 2 is 1.82 bits per heavy atom. The van der Waals surface area contributed by atoms with Gasteiger partial charge in [0.05, 0.1) is 4.90 Å². The third-order valence-electron chi connectivity index (χ3n) is 3.01. The Morgan fingerprint density at radius 3 is 2.50 bits per heavy atom. The molecule has 2 aromatic carbocycles. The summed E-state index contributed by atoms with van der Waals surface area (Å²) >= 11 is 0. The minimum atomic E-state index is -3.73. The van der Waals surface area contributed by atoms with E-state index in [1.165, 1.54) is 12.1 Å². The normalized spacial score (nSPS) is 11.0. The monoisotopic (exact) mass is 318 g/mol. The van der Waals surface area contributed by atoms with Gasteiger partial charge in [-0.05, 0) is 49.7 Å². The zero-order valence-corrected chi connectivity index (χ0v) is 13.3. The molecular weight excluding hydrogens is 300 g/mol. The number of amides is 1. The molecule has 1 amide bonds. The number of hydrogen-bond donors (Lipinski definition) is 2. The van der Waals surface area contributed by atoms with Crippen LogP contribution in [0.15, 0.2) is 53.4 Å². The van der Waals surface area contributed by atoms with E-state index in [1.807, 2.05) is 13.0 Å². The van der Waals surface area contributed by atoms with Gasteiger partial charge in [0.1, 0.15) is 0 Å². The Labute approximate surface area is 130 Å². The number of hydrogen-bond acceptors (Lipinski definition) is 3. The molecular formula is C16H18N2O3S. The van der Waals surface area contributed by atoms with Crippen LogP contribution in [0, 0.1) is 6.92 Å². The first kappa shape index (κ1) is 16.0. The minimum absolute atomic E-state index is 0.0535. The first-order valence-corrected chi connectivity index (χ1v) is 8.38. The van der Waals surface area contributed by atoms with Crippen LogP contribution in [-0.4, -0.2) is 20.9 Å². The van der Waals surface area contributed by atoms with Crippen LogP contribution in [0.2, 0.25) is 0 Å². The van der Waals surface area contributed by atoms with E-state index in [2.05, 4.69) is 10.0 Å². The minimum Gasteiger partial charge on any atom is -0.352 e. The molecule has 0 heterocycles. The van der Waals surface area contributed by atoms with E-state index in [4.69, 9.17) is 0 Å². The molecule has 22 heavy (non-hydrogen) atoms. The molecule has 5 nitrogen and oxygen atoms in total. The van der Waals surface area contributed by atoms with Crippen LogP contribution in [0.3, 0.4) is 0 Å². The maximum absolute atomic E-state index is 12.4. The molecule has 0 unspecified atom stereocenters. The van der Waals surface area contributed by atoms with Crippen LogP contribution in [0.4, 0.5) is 5.69 Å². The summed E-state index contributed by atoms with van der Waals surface area (Å²) in [5.41, 5.74) is 1.76. The van der Waals surface area contributed by atoms with Gasteiger partial charge in [0.25, 0.3) is 15.9 Å². The van der Waals surface area contributed by atoms with Gasteiger partial charge < -0.3 is 5.32 Å². The number of sulfonamides is 1. The zero-order valence-electron chi connectivity index (χ0n) is 12.5. The van der Waals surface area contributed by atoms with Gasteiger partial charge in [-0.1, -0.05) is 18.2 Å². The van der Waals surface area contributed by atoms with Crippen LogP contribution in [0.5, 0.6) is 0 Å². The molecule has 2 aromatic rings. The molecule has 2 rings (SSSR count). The van der Waals surface area contributed by atoms with Gasteiger partial charge in [-0.3, -0.25) is 9.52 Å². The lowest BCUT2D eigenvalue weighted by Gasteiger charge is -2.10. The molecule has 0 aromatic heterocycles. The number of rotatable bonds is 5. The molecule has 0 saturated heterocycles. The van der Waals surface area contributed by atoms with E-state index >= 15 is 0 Å². The lowest BCUT2D eigenvalue weighted by atomic mass is 10.2. The Bertz CT molecular complexity index is 785. The first-order chi connectivity index (χ1) is 10.4. The van der Waals surface area contributed by atoms with Crippen molar-refractivity contribution in [1.82, 2.24) is 5.32 Å². The predicted octanol–water partition coefficient (Wildman–Crippen LogP) is 2.55. The van der Waals surface area contributed by atoms with Gasteiger partial charge in [0, 0.05) is 17.8 Å². The third kappa shape index (κ3) is 3.85. The summed E-state index contributed by atoms with van der Waals surface area (Å²) < 4.78 is 27.3. The van der Waals surface area contributed by atoms with E-state index in [1.54, 1.807) is 37.3 Å². The zero-order chi connectivity index (χ0) is 16.2. The maximum atomic E-state index is 12.4. The first-order valence-electron chi connectivity index (χ1n) is 6.90. The van der Waals surface area contributed by atoms with Gasteiger partial charge >= 0.3 is 0 Å². The molecule has 6 heteroatoms. The summed E-state index contributed by atoms with van der Waals surface area (Å²) in [6.45, 7) is 4.17. The second-order valence-corrected chi connectivity index (χ2v) is 6.54. The fourth-order valence-electron chi connectivity index (χ4n) is 1.99. The number of carbonyl (C=O) groups excluding carboxylic acids is 1. The Kier molecular flexibility index (Phi) is 4.82. The summed E-state index contributed by atoms with van der Waals surface area (Å²) in [5, 5.41) is 2.64. The van der Waals surface area contributed by atoms with E-state index in [0.29, 0.717) is 17.8 Å². The largest absolute Gasteiger partial charge is 0.352 e.